The van der Waals surface area contributed by atoms with Gasteiger partial charge >= 0.3 is 0 Å². The summed E-state index contributed by atoms with van der Waals surface area (Å²) in [5.74, 6) is -0.322. The molecule has 2 amide bonds. The summed E-state index contributed by atoms with van der Waals surface area (Å²) in [5, 5.41) is 0. The fraction of sp³-hybridized carbons (Fsp3) is 0.556. The van der Waals surface area contributed by atoms with Crippen LogP contribution in [0.3, 0.4) is 0 Å². The fourth-order valence-electron chi connectivity index (χ4n) is 4.54. The van der Waals surface area contributed by atoms with Crippen molar-refractivity contribution in [3.8, 4) is 0 Å². The monoisotopic (exact) mass is 362 g/mol. The van der Waals surface area contributed by atoms with E-state index in [0.717, 1.165) is 36.4 Å². The molecule has 1 aromatic rings. The molecule has 0 spiro atoms. The third kappa shape index (κ3) is 2.65. The molecule has 3 aliphatic rings. The van der Waals surface area contributed by atoms with E-state index < -0.39 is 15.9 Å². The van der Waals surface area contributed by atoms with Gasteiger partial charge in [-0.15, -0.1) is 0 Å². The number of hydrogen-bond acceptors (Lipinski definition) is 4. The number of sulfonamides is 1. The zero-order valence-electron chi connectivity index (χ0n) is 14.1. The lowest BCUT2D eigenvalue weighted by Crippen LogP contribution is -2.53. The third-order valence-corrected chi connectivity index (χ3v) is 7.54. The first-order valence-electron chi connectivity index (χ1n) is 8.96. The normalized spacial score (nSPS) is 27.8. The van der Waals surface area contributed by atoms with E-state index in [2.05, 4.69) is 0 Å². The maximum atomic E-state index is 12.9. The summed E-state index contributed by atoms with van der Waals surface area (Å²) in [5.41, 5.74) is 0.157. The van der Waals surface area contributed by atoms with Crippen LogP contribution in [0.2, 0.25) is 0 Å². The number of hydrogen-bond donors (Lipinski definition) is 0. The van der Waals surface area contributed by atoms with Crippen LogP contribution in [0.1, 0.15) is 48.9 Å². The van der Waals surface area contributed by atoms with E-state index in [9.17, 15) is 18.0 Å². The predicted molar refractivity (Wildman–Crippen MR) is 91.4 cm³/mol. The van der Waals surface area contributed by atoms with E-state index in [1.807, 2.05) is 4.90 Å². The molecular formula is C18H22N2O4S. The van der Waals surface area contributed by atoms with Crippen LogP contribution in [0.25, 0.3) is 0 Å². The first-order valence-corrected chi connectivity index (χ1v) is 10.4. The van der Waals surface area contributed by atoms with Crippen molar-refractivity contribution in [2.45, 2.75) is 49.5 Å². The minimum Gasteiger partial charge on any atom is -0.338 e. The highest BCUT2D eigenvalue weighted by molar-refractivity contribution is 7.90. The Morgan fingerprint density at radius 1 is 1.08 bits per heavy atom. The van der Waals surface area contributed by atoms with E-state index in [0.29, 0.717) is 12.5 Å². The summed E-state index contributed by atoms with van der Waals surface area (Å²) >= 11 is 0. The number of carbonyl (C=O) groups is 2. The molecule has 25 heavy (non-hydrogen) atoms. The van der Waals surface area contributed by atoms with Crippen molar-refractivity contribution in [2.24, 2.45) is 5.92 Å². The van der Waals surface area contributed by atoms with E-state index in [-0.39, 0.29) is 29.0 Å². The SMILES string of the molecule is O=C(CN1C(=O)c2ccccc2S1(=O)=O)N1CCC[C@@H]2CCCC[C@@H]21. The van der Waals surface area contributed by atoms with Crippen molar-refractivity contribution in [3.63, 3.8) is 0 Å². The summed E-state index contributed by atoms with van der Waals surface area (Å²) in [4.78, 5) is 27.2. The molecule has 1 aromatic carbocycles. The number of amides is 2. The van der Waals surface area contributed by atoms with Crippen molar-refractivity contribution >= 4 is 21.8 Å². The first-order chi connectivity index (χ1) is 12.0. The highest BCUT2D eigenvalue weighted by Gasteiger charge is 2.44. The van der Waals surface area contributed by atoms with Crippen LogP contribution in [0.4, 0.5) is 0 Å². The second-order valence-electron chi connectivity index (χ2n) is 7.15. The molecule has 2 atom stereocenters. The molecule has 1 saturated carbocycles. The Bertz CT molecular complexity index is 818. The second-order valence-corrected chi connectivity index (χ2v) is 8.98. The number of likely N-dealkylation sites (tertiary alicyclic amines) is 1. The number of carbonyl (C=O) groups excluding carboxylic acids is 2. The largest absolute Gasteiger partial charge is 0.338 e. The molecule has 7 heteroatoms. The van der Waals surface area contributed by atoms with Crippen LogP contribution in [-0.2, 0) is 14.8 Å². The number of piperidine rings is 1. The van der Waals surface area contributed by atoms with Crippen molar-refractivity contribution in [3.05, 3.63) is 29.8 Å². The maximum Gasteiger partial charge on any atom is 0.269 e. The van der Waals surface area contributed by atoms with Crippen molar-refractivity contribution < 1.29 is 18.0 Å². The molecule has 0 N–H and O–H groups in total. The lowest BCUT2D eigenvalue weighted by Gasteiger charge is -2.44. The van der Waals surface area contributed by atoms with Crippen molar-refractivity contribution in [1.82, 2.24) is 9.21 Å². The number of fused-ring (bicyclic) bond motifs is 2. The van der Waals surface area contributed by atoms with Crippen LogP contribution >= 0.6 is 0 Å². The van der Waals surface area contributed by atoms with E-state index in [4.69, 9.17) is 0 Å². The van der Waals surface area contributed by atoms with Gasteiger partial charge in [0, 0.05) is 12.6 Å². The smallest absolute Gasteiger partial charge is 0.269 e. The molecule has 2 aliphatic heterocycles. The zero-order valence-corrected chi connectivity index (χ0v) is 14.9. The first kappa shape index (κ1) is 16.6. The van der Waals surface area contributed by atoms with Gasteiger partial charge < -0.3 is 4.90 Å². The van der Waals surface area contributed by atoms with Crippen LogP contribution in [-0.4, -0.2) is 48.6 Å². The molecule has 1 saturated heterocycles. The highest BCUT2D eigenvalue weighted by atomic mass is 32.2. The Morgan fingerprint density at radius 3 is 2.60 bits per heavy atom. The van der Waals surface area contributed by atoms with Gasteiger partial charge in [0.05, 0.1) is 5.56 Å². The van der Waals surface area contributed by atoms with Gasteiger partial charge in [-0.25, -0.2) is 12.7 Å². The average Bonchev–Trinajstić information content (AvgIpc) is 2.82. The number of benzene rings is 1. The number of nitrogens with zero attached hydrogens (tertiary/aromatic N) is 2. The molecule has 6 nitrogen and oxygen atoms in total. The maximum absolute atomic E-state index is 12.9. The molecule has 2 heterocycles. The molecule has 0 unspecified atom stereocenters. The van der Waals surface area contributed by atoms with Gasteiger partial charge in [-0.05, 0) is 43.7 Å². The summed E-state index contributed by atoms with van der Waals surface area (Å²) < 4.78 is 26.0. The second kappa shape index (κ2) is 6.12. The van der Waals surface area contributed by atoms with Gasteiger partial charge in [-0.1, -0.05) is 25.0 Å². The van der Waals surface area contributed by atoms with Gasteiger partial charge in [-0.2, -0.15) is 0 Å². The summed E-state index contributed by atoms with van der Waals surface area (Å²) in [6, 6.07) is 6.35. The molecule has 0 radical (unpaired) electrons. The molecule has 2 fully saturated rings. The fourth-order valence-corrected chi connectivity index (χ4v) is 6.05. The van der Waals surface area contributed by atoms with Gasteiger partial charge in [0.1, 0.15) is 11.4 Å². The van der Waals surface area contributed by atoms with Crippen LogP contribution in [0.5, 0.6) is 0 Å². The average molecular weight is 362 g/mol. The predicted octanol–water partition coefficient (Wildman–Crippen LogP) is 2.01. The molecule has 134 valence electrons. The summed E-state index contributed by atoms with van der Waals surface area (Å²) in [6.07, 6.45) is 6.53. The van der Waals surface area contributed by atoms with E-state index in [1.165, 1.54) is 18.6 Å². The van der Waals surface area contributed by atoms with Gasteiger partial charge in [-0.3, -0.25) is 9.59 Å². The number of rotatable bonds is 2. The molecule has 0 aromatic heterocycles. The lowest BCUT2D eigenvalue weighted by atomic mass is 9.78. The van der Waals surface area contributed by atoms with E-state index >= 15 is 0 Å². The molecular weight excluding hydrogens is 340 g/mol. The van der Waals surface area contributed by atoms with Crippen LogP contribution in [0, 0.1) is 5.92 Å². The Kier molecular flexibility index (Phi) is 4.06. The Morgan fingerprint density at radius 2 is 1.80 bits per heavy atom. The Hall–Kier alpha value is -1.89. The molecule has 1 aliphatic carbocycles. The third-order valence-electron chi connectivity index (χ3n) is 5.75. The minimum absolute atomic E-state index is 0.00184. The summed E-state index contributed by atoms with van der Waals surface area (Å²) in [6.45, 7) is 0.272. The zero-order chi connectivity index (χ0) is 17.6. The quantitative estimate of drug-likeness (QED) is 0.807. The molecule has 4 rings (SSSR count). The lowest BCUT2D eigenvalue weighted by molar-refractivity contribution is -0.137. The van der Waals surface area contributed by atoms with Gasteiger partial charge in [0.15, 0.2) is 0 Å². The van der Waals surface area contributed by atoms with Crippen molar-refractivity contribution in [1.29, 1.82) is 0 Å². The standard InChI is InChI=1S/C18H22N2O4S/c21-17(19-11-5-7-13-6-1-3-9-15(13)19)12-20-18(22)14-8-2-4-10-16(14)25(20,23)24/h2,4,8,10,13,15H,1,3,5-7,9,11-12H2/t13-,15-/m0/s1. The Balaban J connectivity index is 1.56. The highest BCUT2D eigenvalue weighted by Crippen LogP contribution is 2.36. The van der Waals surface area contributed by atoms with E-state index in [1.54, 1.807) is 12.1 Å². The van der Waals surface area contributed by atoms with Gasteiger partial charge in [0.25, 0.3) is 15.9 Å². The topological polar surface area (TPSA) is 74.8 Å². The Labute approximate surface area is 147 Å². The minimum atomic E-state index is -3.92. The summed E-state index contributed by atoms with van der Waals surface area (Å²) in [7, 11) is -3.92. The van der Waals surface area contributed by atoms with Gasteiger partial charge in [0.2, 0.25) is 5.91 Å². The van der Waals surface area contributed by atoms with Crippen molar-refractivity contribution in [2.75, 3.05) is 13.1 Å². The van der Waals surface area contributed by atoms with Crippen LogP contribution in [0.15, 0.2) is 29.2 Å². The van der Waals surface area contributed by atoms with Crippen LogP contribution < -0.4 is 0 Å². The molecule has 0 bridgehead atoms.